The highest BCUT2D eigenvalue weighted by Crippen LogP contribution is 2.29. The minimum atomic E-state index is 0.598. The van der Waals surface area contributed by atoms with Crippen molar-refractivity contribution < 1.29 is 9.15 Å². The van der Waals surface area contributed by atoms with Gasteiger partial charge in [0.1, 0.15) is 11.3 Å². The highest BCUT2D eigenvalue weighted by atomic mass is 16.5. The Hall–Kier alpha value is -2.49. The molecule has 0 amide bonds. The fraction of sp³-hybridized carbons (Fsp3) is 0.133. The topological polar surface area (TPSA) is 61.3 Å². The molecule has 0 aliphatic carbocycles. The molecular weight excluding hydrogens is 240 g/mol. The molecule has 0 fully saturated rings. The first-order valence-corrected chi connectivity index (χ1v) is 5.98. The summed E-state index contributed by atoms with van der Waals surface area (Å²) in [6.07, 6.45) is 0. The van der Waals surface area contributed by atoms with Gasteiger partial charge in [-0.25, -0.2) is 4.98 Å². The van der Waals surface area contributed by atoms with E-state index in [1.807, 2.05) is 43.3 Å². The lowest BCUT2D eigenvalue weighted by Gasteiger charge is -2.01. The number of methoxy groups -OCH3 is 1. The molecule has 19 heavy (non-hydrogen) atoms. The third-order valence-electron chi connectivity index (χ3n) is 3.08. The van der Waals surface area contributed by atoms with Crippen LogP contribution in [0.3, 0.4) is 0 Å². The molecule has 3 aromatic rings. The number of benzene rings is 2. The van der Waals surface area contributed by atoms with Crippen molar-refractivity contribution >= 4 is 16.8 Å². The summed E-state index contributed by atoms with van der Waals surface area (Å²) >= 11 is 0. The van der Waals surface area contributed by atoms with Gasteiger partial charge in [-0.1, -0.05) is 0 Å². The molecule has 1 heterocycles. The maximum atomic E-state index is 5.79. The van der Waals surface area contributed by atoms with Crippen molar-refractivity contribution in [2.24, 2.45) is 0 Å². The average Bonchev–Trinajstić information content (AvgIpc) is 2.80. The Morgan fingerprint density at radius 1 is 1.16 bits per heavy atom. The zero-order chi connectivity index (χ0) is 13.4. The van der Waals surface area contributed by atoms with Crippen molar-refractivity contribution in [2.75, 3.05) is 12.8 Å². The highest BCUT2D eigenvalue weighted by Gasteiger charge is 2.11. The van der Waals surface area contributed by atoms with Crippen LogP contribution in [0.15, 0.2) is 40.8 Å². The van der Waals surface area contributed by atoms with Gasteiger partial charge < -0.3 is 14.9 Å². The Kier molecular flexibility index (Phi) is 2.63. The second kappa shape index (κ2) is 4.31. The third kappa shape index (κ3) is 2.01. The van der Waals surface area contributed by atoms with E-state index in [4.69, 9.17) is 14.9 Å². The Balaban J connectivity index is 2.14. The van der Waals surface area contributed by atoms with Gasteiger partial charge >= 0.3 is 0 Å². The molecule has 0 atom stereocenters. The molecule has 4 nitrogen and oxygen atoms in total. The van der Waals surface area contributed by atoms with Crippen molar-refractivity contribution in [1.29, 1.82) is 0 Å². The predicted octanol–water partition coefficient (Wildman–Crippen LogP) is 3.39. The van der Waals surface area contributed by atoms with E-state index < -0.39 is 0 Å². The van der Waals surface area contributed by atoms with Crippen LogP contribution in [0.4, 0.5) is 5.69 Å². The number of aryl methyl sites for hydroxylation is 1. The van der Waals surface area contributed by atoms with E-state index in [1.165, 1.54) is 0 Å². The molecule has 2 aromatic carbocycles. The van der Waals surface area contributed by atoms with E-state index in [2.05, 4.69) is 4.98 Å². The molecule has 0 bridgehead atoms. The van der Waals surface area contributed by atoms with Crippen molar-refractivity contribution in [1.82, 2.24) is 4.98 Å². The van der Waals surface area contributed by atoms with E-state index in [0.717, 1.165) is 28.1 Å². The number of aromatic nitrogens is 1. The lowest BCUT2D eigenvalue weighted by Crippen LogP contribution is -1.88. The summed E-state index contributed by atoms with van der Waals surface area (Å²) < 4.78 is 11.0. The van der Waals surface area contributed by atoms with Crippen LogP contribution in [-0.4, -0.2) is 12.1 Å². The first-order chi connectivity index (χ1) is 9.17. The number of nitrogen functional groups attached to an aromatic ring is 1. The first kappa shape index (κ1) is 11.6. The SMILES string of the molecule is COc1ccc2nc(-c3ccc(N)cc3C)oc2c1. The summed E-state index contributed by atoms with van der Waals surface area (Å²) in [4.78, 5) is 4.49. The molecule has 3 rings (SSSR count). The summed E-state index contributed by atoms with van der Waals surface area (Å²) in [6.45, 7) is 1.99. The normalized spacial score (nSPS) is 10.8. The smallest absolute Gasteiger partial charge is 0.227 e. The average molecular weight is 254 g/mol. The molecule has 4 heteroatoms. The number of hydrogen-bond donors (Lipinski definition) is 1. The van der Waals surface area contributed by atoms with Crippen LogP contribution in [0, 0.1) is 6.92 Å². The summed E-state index contributed by atoms with van der Waals surface area (Å²) in [7, 11) is 1.63. The minimum Gasteiger partial charge on any atom is -0.497 e. The van der Waals surface area contributed by atoms with Crippen LogP contribution < -0.4 is 10.5 Å². The molecule has 2 N–H and O–H groups in total. The van der Waals surface area contributed by atoms with Crippen LogP contribution in [0.25, 0.3) is 22.6 Å². The molecule has 0 aliphatic heterocycles. The van der Waals surface area contributed by atoms with Crippen molar-refractivity contribution in [3.05, 3.63) is 42.0 Å². The van der Waals surface area contributed by atoms with Gasteiger partial charge in [-0.05, 0) is 42.8 Å². The number of oxazole rings is 1. The van der Waals surface area contributed by atoms with Crippen molar-refractivity contribution in [2.45, 2.75) is 6.92 Å². The van der Waals surface area contributed by atoms with Crippen molar-refractivity contribution in [3.63, 3.8) is 0 Å². The molecule has 0 unspecified atom stereocenters. The maximum absolute atomic E-state index is 5.79. The largest absolute Gasteiger partial charge is 0.497 e. The summed E-state index contributed by atoms with van der Waals surface area (Å²) in [5.41, 5.74) is 10.0. The third-order valence-corrected chi connectivity index (χ3v) is 3.08. The van der Waals surface area contributed by atoms with E-state index >= 15 is 0 Å². The number of nitrogens with two attached hydrogens (primary N) is 1. The van der Waals surface area contributed by atoms with Crippen LogP contribution in [0.5, 0.6) is 5.75 Å². The van der Waals surface area contributed by atoms with Crippen LogP contribution in [0.2, 0.25) is 0 Å². The van der Waals surface area contributed by atoms with Crippen molar-refractivity contribution in [3.8, 4) is 17.2 Å². The monoisotopic (exact) mass is 254 g/mol. The molecular formula is C15H14N2O2. The Morgan fingerprint density at radius 2 is 2.00 bits per heavy atom. The molecule has 0 aliphatic rings. The molecule has 0 saturated heterocycles. The second-order valence-corrected chi connectivity index (χ2v) is 4.43. The molecule has 96 valence electrons. The Bertz CT molecular complexity index is 747. The zero-order valence-corrected chi connectivity index (χ0v) is 10.8. The summed E-state index contributed by atoms with van der Waals surface area (Å²) in [5.74, 6) is 1.35. The van der Waals surface area contributed by atoms with Gasteiger partial charge in [0.15, 0.2) is 5.58 Å². The fourth-order valence-electron chi connectivity index (χ4n) is 2.07. The summed E-state index contributed by atoms with van der Waals surface area (Å²) in [5, 5.41) is 0. The van der Waals surface area contributed by atoms with Gasteiger partial charge in [0, 0.05) is 17.3 Å². The van der Waals surface area contributed by atoms with E-state index in [1.54, 1.807) is 7.11 Å². The number of hydrogen-bond acceptors (Lipinski definition) is 4. The number of ether oxygens (including phenoxy) is 1. The summed E-state index contributed by atoms with van der Waals surface area (Å²) in [6, 6.07) is 11.3. The maximum Gasteiger partial charge on any atom is 0.227 e. The number of rotatable bonds is 2. The second-order valence-electron chi connectivity index (χ2n) is 4.43. The van der Waals surface area contributed by atoms with Gasteiger partial charge in [-0.3, -0.25) is 0 Å². The highest BCUT2D eigenvalue weighted by molar-refractivity contribution is 5.78. The van der Waals surface area contributed by atoms with Gasteiger partial charge in [0.2, 0.25) is 5.89 Å². The van der Waals surface area contributed by atoms with Crippen LogP contribution in [0.1, 0.15) is 5.56 Å². The van der Waals surface area contributed by atoms with Crippen LogP contribution >= 0.6 is 0 Å². The minimum absolute atomic E-state index is 0.598. The Morgan fingerprint density at radius 3 is 2.74 bits per heavy atom. The van der Waals surface area contributed by atoms with Gasteiger partial charge in [0.05, 0.1) is 7.11 Å². The van der Waals surface area contributed by atoms with Gasteiger partial charge in [0.25, 0.3) is 0 Å². The standard InChI is InChI=1S/C15H14N2O2/c1-9-7-10(16)3-5-12(9)15-17-13-6-4-11(18-2)8-14(13)19-15/h3-8H,16H2,1-2H3. The fourth-order valence-corrected chi connectivity index (χ4v) is 2.07. The van der Waals surface area contributed by atoms with Crippen LogP contribution in [-0.2, 0) is 0 Å². The van der Waals surface area contributed by atoms with Gasteiger partial charge in [-0.2, -0.15) is 0 Å². The predicted molar refractivity (Wildman–Crippen MR) is 75.1 cm³/mol. The lowest BCUT2D eigenvalue weighted by molar-refractivity contribution is 0.414. The number of nitrogens with zero attached hydrogens (tertiary/aromatic N) is 1. The Labute approximate surface area is 110 Å². The molecule has 0 saturated carbocycles. The lowest BCUT2D eigenvalue weighted by atomic mass is 10.1. The van der Waals surface area contributed by atoms with E-state index in [0.29, 0.717) is 11.5 Å². The quantitative estimate of drug-likeness (QED) is 0.712. The van der Waals surface area contributed by atoms with Gasteiger partial charge in [-0.15, -0.1) is 0 Å². The molecule has 0 spiro atoms. The zero-order valence-electron chi connectivity index (χ0n) is 10.8. The molecule has 1 aromatic heterocycles. The van der Waals surface area contributed by atoms with E-state index in [9.17, 15) is 0 Å². The first-order valence-electron chi connectivity index (χ1n) is 5.98. The number of anilines is 1. The number of fused-ring (bicyclic) bond motifs is 1. The molecule has 0 radical (unpaired) electrons. The van der Waals surface area contributed by atoms with E-state index in [-0.39, 0.29) is 0 Å².